The molecule has 2 aromatic carbocycles. The molecule has 1 aromatic heterocycles. The molecular formula is C38H49FN8O3. The lowest BCUT2D eigenvalue weighted by molar-refractivity contribution is -0.137. The highest BCUT2D eigenvalue weighted by atomic mass is 19.1. The van der Waals surface area contributed by atoms with E-state index in [9.17, 15) is 9.59 Å². The Bertz CT molecular complexity index is 1780. The first kappa shape index (κ1) is 33.0. The Kier molecular flexibility index (Phi) is 8.71. The minimum atomic E-state index is -0.340. The molecule has 2 amide bonds. The molecule has 8 rings (SSSR count). The Morgan fingerprint density at radius 3 is 2.38 bits per heavy atom. The fourth-order valence-electron chi connectivity index (χ4n) is 9.40. The quantitative estimate of drug-likeness (QED) is 0.290. The van der Waals surface area contributed by atoms with Gasteiger partial charge in [0.25, 0.3) is 0 Å². The molecule has 3 N–H and O–H groups in total. The summed E-state index contributed by atoms with van der Waals surface area (Å²) in [5, 5.41) is 6.87. The van der Waals surface area contributed by atoms with E-state index in [1.165, 1.54) is 6.42 Å². The maximum absolute atomic E-state index is 15.7. The number of aromatic nitrogens is 2. The lowest BCUT2D eigenvalue weighted by Crippen LogP contribution is -2.53. The Hall–Kier alpha value is -4.16. The van der Waals surface area contributed by atoms with Gasteiger partial charge in [0.2, 0.25) is 11.8 Å². The number of ether oxygens (including phenoxy) is 1. The van der Waals surface area contributed by atoms with Crippen LogP contribution in [-0.2, 0) is 29.7 Å². The molecule has 4 saturated heterocycles. The lowest BCUT2D eigenvalue weighted by atomic mass is 9.72. The van der Waals surface area contributed by atoms with E-state index >= 15 is 4.39 Å². The Labute approximate surface area is 293 Å². The summed E-state index contributed by atoms with van der Waals surface area (Å²) < 4.78 is 23.1. The third-order valence-electron chi connectivity index (χ3n) is 12.2. The minimum absolute atomic E-state index is 0.166. The molecule has 0 aliphatic carbocycles. The number of nitrogens with two attached hydrogens (primary N) is 1. The number of nitrogens with zero attached hydrogens (tertiary/aromatic N) is 6. The molecule has 1 spiro atoms. The van der Waals surface area contributed by atoms with Gasteiger partial charge in [0, 0.05) is 87.9 Å². The molecule has 11 nitrogen and oxygen atoms in total. The molecule has 0 saturated carbocycles. The molecular weight excluding hydrogens is 635 g/mol. The van der Waals surface area contributed by atoms with Crippen LogP contribution in [-0.4, -0.2) is 89.9 Å². The number of hydrogen-bond donors (Lipinski definition) is 2. The number of nitrogen functional groups attached to an aromatic ring is 1. The van der Waals surface area contributed by atoms with Crippen molar-refractivity contribution >= 4 is 28.9 Å². The number of fused-ring (bicyclic) bond motifs is 1. The summed E-state index contributed by atoms with van der Waals surface area (Å²) in [5.74, 6) is 0.0900. The molecule has 4 fully saturated rings. The van der Waals surface area contributed by atoms with E-state index < -0.39 is 0 Å². The molecule has 5 aliphatic rings. The highest BCUT2D eigenvalue weighted by molar-refractivity contribution is 6.00. The van der Waals surface area contributed by atoms with Gasteiger partial charge in [-0.25, -0.2) is 4.39 Å². The summed E-state index contributed by atoms with van der Waals surface area (Å²) in [6.07, 6.45) is 11.5. The maximum Gasteiger partial charge on any atom is 0.243 e. The number of aryl methyl sites for hydroxylation is 1. The van der Waals surface area contributed by atoms with Crippen LogP contribution in [0.25, 0.3) is 11.1 Å². The monoisotopic (exact) mass is 684 g/mol. The predicted molar refractivity (Wildman–Crippen MR) is 191 cm³/mol. The molecule has 1 atom stereocenters. The van der Waals surface area contributed by atoms with Crippen molar-refractivity contribution in [3.63, 3.8) is 0 Å². The van der Waals surface area contributed by atoms with Crippen LogP contribution in [0.15, 0.2) is 36.7 Å². The number of anilines is 3. The summed E-state index contributed by atoms with van der Waals surface area (Å²) in [6.45, 7) is 7.02. The number of nitrogens with one attached hydrogen (secondary N) is 1. The molecule has 266 valence electrons. The van der Waals surface area contributed by atoms with Crippen molar-refractivity contribution in [3.05, 3.63) is 53.6 Å². The zero-order valence-corrected chi connectivity index (χ0v) is 29.3. The van der Waals surface area contributed by atoms with Crippen molar-refractivity contribution in [1.29, 1.82) is 0 Å². The van der Waals surface area contributed by atoms with Crippen LogP contribution in [0.1, 0.15) is 62.5 Å². The first-order valence-electron chi connectivity index (χ1n) is 18.3. The van der Waals surface area contributed by atoms with E-state index in [1.807, 2.05) is 36.3 Å². The van der Waals surface area contributed by atoms with E-state index in [2.05, 4.69) is 36.1 Å². The van der Waals surface area contributed by atoms with E-state index in [0.29, 0.717) is 49.1 Å². The molecule has 6 heterocycles. The number of carbonyl (C=O) groups is 2. The fraction of sp³-hybridized carbons (Fsp3) is 0.553. The van der Waals surface area contributed by atoms with Crippen molar-refractivity contribution < 1.29 is 18.7 Å². The summed E-state index contributed by atoms with van der Waals surface area (Å²) >= 11 is 0. The standard InChI is InChI=1S/C38H49FN8O3/c1-43-21-27(20-41-43)29-18-31(40)35(50-2)19-33(29)45-12-6-28(7-13-45)44-14-9-38(10-15-44)8-3-11-46(24-38)34-17-26-23-47(22-25(26)16-30(34)39)32-4-5-36(48)42-37(32)49/h16-21,28,32H,3-15,22-24,40H2,1-2H3,(H,42,48,49). The van der Waals surface area contributed by atoms with Gasteiger partial charge in [-0.1, -0.05) is 0 Å². The van der Waals surface area contributed by atoms with Gasteiger partial charge >= 0.3 is 0 Å². The fourth-order valence-corrected chi connectivity index (χ4v) is 9.40. The number of rotatable bonds is 6. The third-order valence-corrected chi connectivity index (χ3v) is 12.2. The summed E-state index contributed by atoms with van der Waals surface area (Å²) in [5.41, 5.74) is 13.2. The number of imide groups is 1. The zero-order valence-electron chi connectivity index (χ0n) is 29.3. The Morgan fingerprint density at radius 2 is 1.68 bits per heavy atom. The van der Waals surface area contributed by atoms with Crippen LogP contribution in [0.5, 0.6) is 5.75 Å². The normalized spacial score (nSPS) is 23.4. The molecule has 12 heteroatoms. The minimum Gasteiger partial charge on any atom is -0.495 e. The largest absolute Gasteiger partial charge is 0.495 e. The van der Waals surface area contributed by atoms with Gasteiger partial charge in [-0.2, -0.15) is 5.10 Å². The second-order valence-corrected chi connectivity index (χ2v) is 15.2. The smallest absolute Gasteiger partial charge is 0.243 e. The van der Waals surface area contributed by atoms with E-state index in [-0.39, 0.29) is 29.1 Å². The van der Waals surface area contributed by atoms with Gasteiger partial charge in [0.15, 0.2) is 0 Å². The number of piperidine rings is 4. The highest BCUT2D eigenvalue weighted by Gasteiger charge is 2.41. The van der Waals surface area contributed by atoms with Crippen LogP contribution < -0.4 is 25.6 Å². The maximum atomic E-state index is 15.7. The zero-order chi connectivity index (χ0) is 34.6. The molecule has 0 radical (unpaired) electrons. The van der Waals surface area contributed by atoms with Gasteiger partial charge < -0.3 is 25.2 Å². The molecule has 1 unspecified atom stereocenters. The number of benzene rings is 2. The molecule has 5 aliphatic heterocycles. The van der Waals surface area contributed by atoms with E-state index in [0.717, 1.165) is 99.3 Å². The molecule has 0 bridgehead atoms. The first-order chi connectivity index (χ1) is 24.2. The average molecular weight is 685 g/mol. The third kappa shape index (κ3) is 6.21. The van der Waals surface area contributed by atoms with Gasteiger partial charge in [-0.3, -0.25) is 24.5 Å². The number of hydrogen-bond acceptors (Lipinski definition) is 9. The van der Waals surface area contributed by atoms with Gasteiger partial charge in [0.1, 0.15) is 11.6 Å². The molecule has 50 heavy (non-hydrogen) atoms. The molecule has 3 aromatic rings. The van der Waals surface area contributed by atoms with Crippen molar-refractivity contribution in [2.24, 2.45) is 12.5 Å². The second-order valence-electron chi connectivity index (χ2n) is 15.2. The number of halogens is 1. The lowest BCUT2D eigenvalue weighted by Gasteiger charge is -2.50. The SMILES string of the molecule is COc1cc(N2CCC(N3CCC4(CCCN(c5cc6c(cc5F)CN(C5CCC(=O)NC5=O)C6)C4)CC3)CC2)c(-c2cnn(C)c2)cc1N. The second kappa shape index (κ2) is 13.2. The van der Waals surface area contributed by atoms with Crippen LogP contribution in [0.2, 0.25) is 0 Å². The van der Waals surface area contributed by atoms with Crippen molar-refractivity contribution in [2.45, 2.75) is 76.5 Å². The topological polar surface area (TPSA) is 112 Å². The predicted octanol–water partition coefficient (Wildman–Crippen LogP) is 4.29. The van der Waals surface area contributed by atoms with Crippen LogP contribution in [0.4, 0.5) is 21.5 Å². The van der Waals surface area contributed by atoms with E-state index in [4.69, 9.17) is 10.5 Å². The number of likely N-dealkylation sites (tertiary alicyclic amines) is 1. The average Bonchev–Trinajstić information content (AvgIpc) is 3.74. The highest BCUT2D eigenvalue weighted by Crippen LogP contribution is 2.44. The Morgan fingerprint density at radius 1 is 0.920 bits per heavy atom. The Balaban J connectivity index is 0.891. The van der Waals surface area contributed by atoms with Crippen molar-refractivity contribution in [2.75, 3.05) is 61.9 Å². The summed E-state index contributed by atoms with van der Waals surface area (Å²) in [7, 11) is 3.60. The van der Waals surface area contributed by atoms with Gasteiger partial charge in [0.05, 0.1) is 30.7 Å². The van der Waals surface area contributed by atoms with Crippen LogP contribution in [0.3, 0.4) is 0 Å². The number of amides is 2. The van der Waals surface area contributed by atoms with Crippen molar-refractivity contribution in [1.82, 2.24) is 24.9 Å². The van der Waals surface area contributed by atoms with Gasteiger partial charge in [-0.15, -0.1) is 0 Å². The van der Waals surface area contributed by atoms with Crippen LogP contribution >= 0.6 is 0 Å². The van der Waals surface area contributed by atoms with E-state index in [1.54, 1.807) is 13.2 Å². The van der Waals surface area contributed by atoms with Crippen LogP contribution in [0, 0.1) is 11.2 Å². The van der Waals surface area contributed by atoms with Gasteiger partial charge in [-0.05, 0) is 92.8 Å². The summed E-state index contributed by atoms with van der Waals surface area (Å²) in [4.78, 5) is 33.7. The first-order valence-corrected chi connectivity index (χ1v) is 18.3. The number of methoxy groups -OCH3 is 1. The number of carbonyl (C=O) groups excluding carboxylic acids is 2. The van der Waals surface area contributed by atoms with Crippen molar-refractivity contribution in [3.8, 4) is 16.9 Å². The summed E-state index contributed by atoms with van der Waals surface area (Å²) in [6, 6.07) is 8.03.